The molecule has 1 saturated carbocycles. The van der Waals surface area contributed by atoms with E-state index in [0.717, 1.165) is 19.3 Å². The van der Waals surface area contributed by atoms with Crippen LogP contribution in [0.4, 0.5) is 0 Å². The van der Waals surface area contributed by atoms with Crippen LogP contribution >= 0.6 is 0 Å². The second-order valence-corrected chi connectivity index (χ2v) is 7.93. The first kappa shape index (κ1) is 13.8. The quantitative estimate of drug-likeness (QED) is 0.836. The van der Waals surface area contributed by atoms with Crippen LogP contribution in [0.2, 0.25) is 0 Å². The number of hydrogen-bond acceptors (Lipinski definition) is 4. The van der Waals surface area contributed by atoms with E-state index in [9.17, 15) is 13.2 Å². The van der Waals surface area contributed by atoms with Crippen LogP contribution in [0.1, 0.15) is 46.0 Å². The average molecular weight is 275 g/mol. The van der Waals surface area contributed by atoms with E-state index in [1.54, 1.807) is 0 Å². The fourth-order valence-corrected chi connectivity index (χ4v) is 3.86. The fraction of sp³-hybridized carbons (Fsp3) is 0.917. The van der Waals surface area contributed by atoms with Gasteiger partial charge >= 0.3 is 0 Å². The molecule has 2 fully saturated rings. The fourth-order valence-electron chi connectivity index (χ4n) is 2.43. The van der Waals surface area contributed by atoms with Gasteiger partial charge in [-0.25, -0.2) is 8.42 Å². The van der Waals surface area contributed by atoms with Crippen LogP contribution in [0.3, 0.4) is 0 Å². The van der Waals surface area contributed by atoms with Crippen LogP contribution in [-0.2, 0) is 19.6 Å². The van der Waals surface area contributed by atoms with Crippen molar-refractivity contribution in [2.75, 3.05) is 6.61 Å². The van der Waals surface area contributed by atoms with E-state index in [1.165, 1.54) is 0 Å². The van der Waals surface area contributed by atoms with Crippen molar-refractivity contribution < 1.29 is 17.9 Å². The summed E-state index contributed by atoms with van der Waals surface area (Å²) >= 11 is 0. The van der Waals surface area contributed by atoms with Crippen LogP contribution in [0, 0.1) is 5.92 Å². The lowest BCUT2D eigenvalue weighted by molar-refractivity contribution is -0.120. The summed E-state index contributed by atoms with van der Waals surface area (Å²) in [6.07, 6.45) is 3.98. The first-order valence-electron chi connectivity index (χ1n) is 6.47. The number of hydrogen-bond donors (Lipinski definition) is 1. The molecule has 0 aromatic heterocycles. The van der Waals surface area contributed by atoms with Gasteiger partial charge in [-0.3, -0.25) is 9.52 Å². The number of rotatable bonds is 4. The van der Waals surface area contributed by atoms with Crippen LogP contribution in [0.15, 0.2) is 0 Å². The Bertz CT molecular complexity index is 425. The van der Waals surface area contributed by atoms with Gasteiger partial charge in [0.15, 0.2) is 0 Å². The molecule has 1 aliphatic carbocycles. The molecule has 1 saturated heterocycles. The second-order valence-electron chi connectivity index (χ2n) is 5.97. The third kappa shape index (κ3) is 3.23. The van der Waals surface area contributed by atoms with Crippen molar-refractivity contribution in [1.29, 1.82) is 0 Å². The first-order chi connectivity index (χ1) is 8.28. The van der Waals surface area contributed by atoms with Gasteiger partial charge in [-0.1, -0.05) is 6.42 Å². The molecule has 1 aliphatic heterocycles. The zero-order chi connectivity index (χ0) is 13.4. The molecule has 0 aromatic rings. The maximum absolute atomic E-state index is 12.0. The van der Waals surface area contributed by atoms with Gasteiger partial charge in [0, 0.05) is 6.42 Å². The van der Waals surface area contributed by atoms with E-state index < -0.39 is 20.9 Å². The largest absolute Gasteiger partial charge is 0.374 e. The SMILES string of the molecule is CC1(C)CC(S(=O)(=O)NC(=O)CC2CCC2)CO1. The van der Waals surface area contributed by atoms with Crippen LogP contribution < -0.4 is 4.72 Å². The summed E-state index contributed by atoms with van der Waals surface area (Å²) in [6, 6.07) is 0. The van der Waals surface area contributed by atoms with Crippen molar-refractivity contribution in [3.05, 3.63) is 0 Å². The van der Waals surface area contributed by atoms with Gasteiger partial charge in [0.25, 0.3) is 0 Å². The molecule has 1 unspecified atom stereocenters. The molecular formula is C12H21NO4S. The average Bonchev–Trinajstić information content (AvgIpc) is 2.53. The number of nitrogens with one attached hydrogen (secondary N) is 1. The standard InChI is InChI=1S/C12H21NO4S/c1-12(2)7-10(8-17-12)18(15,16)13-11(14)6-9-4-3-5-9/h9-10H,3-8H2,1-2H3,(H,13,14). The molecular weight excluding hydrogens is 254 g/mol. The van der Waals surface area contributed by atoms with Crippen molar-refractivity contribution >= 4 is 15.9 Å². The molecule has 0 aromatic carbocycles. The van der Waals surface area contributed by atoms with Crippen molar-refractivity contribution in [3.63, 3.8) is 0 Å². The van der Waals surface area contributed by atoms with Gasteiger partial charge in [0.1, 0.15) is 5.25 Å². The lowest BCUT2D eigenvalue weighted by Gasteiger charge is -2.24. The maximum Gasteiger partial charge on any atom is 0.240 e. The predicted octanol–water partition coefficient (Wildman–Crippen LogP) is 1.19. The minimum Gasteiger partial charge on any atom is -0.374 e. The lowest BCUT2D eigenvalue weighted by Crippen LogP contribution is -2.40. The summed E-state index contributed by atoms with van der Waals surface area (Å²) in [5, 5.41) is -0.613. The van der Waals surface area contributed by atoms with Crippen LogP contribution in [0.5, 0.6) is 0 Å². The highest BCUT2D eigenvalue weighted by Gasteiger charge is 2.40. The molecule has 0 bridgehead atoms. The summed E-state index contributed by atoms with van der Waals surface area (Å²) in [6.45, 7) is 3.89. The van der Waals surface area contributed by atoms with Gasteiger partial charge in [0.2, 0.25) is 15.9 Å². The van der Waals surface area contributed by atoms with Gasteiger partial charge in [-0.2, -0.15) is 0 Å². The molecule has 1 heterocycles. The molecule has 18 heavy (non-hydrogen) atoms. The molecule has 2 rings (SSSR count). The normalized spacial score (nSPS) is 27.8. The van der Waals surface area contributed by atoms with E-state index in [4.69, 9.17) is 4.74 Å². The molecule has 6 heteroatoms. The summed E-state index contributed by atoms with van der Waals surface area (Å²) in [7, 11) is -3.58. The monoisotopic (exact) mass is 275 g/mol. The Kier molecular flexibility index (Phi) is 3.69. The highest BCUT2D eigenvalue weighted by molar-refractivity contribution is 7.90. The number of sulfonamides is 1. The molecule has 1 atom stereocenters. The predicted molar refractivity (Wildman–Crippen MR) is 67.5 cm³/mol. The molecule has 1 N–H and O–H groups in total. The van der Waals surface area contributed by atoms with Gasteiger partial charge in [-0.05, 0) is 39.0 Å². The summed E-state index contributed by atoms with van der Waals surface area (Å²) in [4.78, 5) is 11.6. The Balaban J connectivity index is 1.88. The Morgan fingerprint density at radius 3 is 2.50 bits per heavy atom. The number of carbonyl (C=O) groups is 1. The minimum atomic E-state index is -3.58. The van der Waals surface area contributed by atoms with Crippen LogP contribution in [-0.4, -0.2) is 31.8 Å². The highest BCUT2D eigenvalue weighted by atomic mass is 32.2. The Morgan fingerprint density at radius 1 is 1.39 bits per heavy atom. The molecule has 5 nitrogen and oxygen atoms in total. The second kappa shape index (κ2) is 4.81. The van der Waals surface area contributed by atoms with Crippen molar-refractivity contribution in [3.8, 4) is 0 Å². The Hall–Kier alpha value is -0.620. The van der Waals surface area contributed by atoms with Crippen molar-refractivity contribution in [2.24, 2.45) is 5.92 Å². The van der Waals surface area contributed by atoms with E-state index >= 15 is 0 Å². The van der Waals surface area contributed by atoms with Gasteiger partial charge in [-0.15, -0.1) is 0 Å². The summed E-state index contributed by atoms with van der Waals surface area (Å²) in [5.41, 5.74) is -0.420. The van der Waals surface area contributed by atoms with E-state index in [2.05, 4.69) is 4.72 Å². The number of ether oxygens (including phenoxy) is 1. The molecule has 1 amide bonds. The minimum absolute atomic E-state index is 0.166. The highest BCUT2D eigenvalue weighted by Crippen LogP contribution is 2.30. The van der Waals surface area contributed by atoms with E-state index in [-0.39, 0.29) is 12.5 Å². The van der Waals surface area contributed by atoms with Crippen molar-refractivity contribution in [2.45, 2.75) is 56.8 Å². The zero-order valence-corrected chi connectivity index (χ0v) is 11.8. The molecule has 2 aliphatic rings. The topological polar surface area (TPSA) is 72.5 Å². The number of amides is 1. The smallest absolute Gasteiger partial charge is 0.240 e. The Morgan fingerprint density at radius 2 is 2.06 bits per heavy atom. The molecule has 0 radical (unpaired) electrons. The zero-order valence-electron chi connectivity index (χ0n) is 10.9. The molecule has 0 spiro atoms. The number of carbonyl (C=O) groups excluding carboxylic acids is 1. The van der Waals surface area contributed by atoms with Gasteiger partial charge < -0.3 is 4.74 Å². The maximum atomic E-state index is 12.0. The first-order valence-corrected chi connectivity index (χ1v) is 8.01. The van der Waals surface area contributed by atoms with Crippen LogP contribution in [0.25, 0.3) is 0 Å². The van der Waals surface area contributed by atoms with E-state index in [0.29, 0.717) is 18.8 Å². The third-order valence-corrected chi connectivity index (χ3v) is 5.47. The molecule has 104 valence electrons. The van der Waals surface area contributed by atoms with Gasteiger partial charge in [0.05, 0.1) is 12.2 Å². The third-order valence-electron chi connectivity index (χ3n) is 3.77. The lowest BCUT2D eigenvalue weighted by atomic mass is 9.83. The summed E-state index contributed by atoms with van der Waals surface area (Å²) < 4.78 is 31.6. The Labute approximate surface area is 108 Å². The van der Waals surface area contributed by atoms with Crippen molar-refractivity contribution in [1.82, 2.24) is 4.72 Å². The summed E-state index contributed by atoms with van der Waals surface area (Å²) in [5.74, 6) is 0.000810. The van der Waals surface area contributed by atoms with E-state index in [1.807, 2.05) is 13.8 Å².